The van der Waals surface area contributed by atoms with Crippen LogP contribution in [0.3, 0.4) is 0 Å². The summed E-state index contributed by atoms with van der Waals surface area (Å²) in [6, 6.07) is 8.49. The molecule has 1 aliphatic rings. The van der Waals surface area contributed by atoms with Crippen LogP contribution in [0.4, 0.5) is 0 Å². The molecule has 0 saturated carbocycles. The van der Waals surface area contributed by atoms with Crippen LogP contribution in [-0.4, -0.2) is 43.2 Å². The first-order valence-corrected chi connectivity index (χ1v) is 8.91. The van der Waals surface area contributed by atoms with Crippen molar-refractivity contribution in [1.82, 2.24) is 10.2 Å². The Kier molecular flexibility index (Phi) is 6.58. The molecule has 0 spiro atoms. The van der Waals surface area contributed by atoms with E-state index in [1.165, 1.54) is 11.1 Å². The second-order valence-corrected chi connectivity index (χ2v) is 6.95. The molecule has 0 radical (unpaired) electrons. The van der Waals surface area contributed by atoms with E-state index in [4.69, 9.17) is 0 Å². The maximum Gasteiger partial charge on any atom is 0.223 e. The van der Waals surface area contributed by atoms with Gasteiger partial charge in [0.1, 0.15) is 0 Å². The standard InChI is InChI=1S/C17H26N2OS/c1-14-5-3-4-6-16(14)13-21-12-9-18-17(20)15-7-10-19(2)11-8-15/h3-6,15H,7-13H2,1-2H3,(H,18,20). The van der Waals surface area contributed by atoms with Crippen LogP contribution in [0.2, 0.25) is 0 Å². The highest BCUT2D eigenvalue weighted by molar-refractivity contribution is 7.98. The van der Waals surface area contributed by atoms with Crippen LogP contribution in [0.1, 0.15) is 24.0 Å². The van der Waals surface area contributed by atoms with Gasteiger partial charge in [0.25, 0.3) is 0 Å². The van der Waals surface area contributed by atoms with Gasteiger partial charge < -0.3 is 10.2 Å². The van der Waals surface area contributed by atoms with Crippen molar-refractivity contribution in [3.8, 4) is 0 Å². The summed E-state index contributed by atoms with van der Waals surface area (Å²) in [6.45, 7) is 5.01. The highest BCUT2D eigenvalue weighted by Gasteiger charge is 2.22. The summed E-state index contributed by atoms with van der Waals surface area (Å²) in [6.07, 6.45) is 2.00. The fourth-order valence-corrected chi connectivity index (χ4v) is 3.55. The molecule has 1 heterocycles. The van der Waals surface area contributed by atoms with Gasteiger partial charge in [0, 0.05) is 24.0 Å². The molecule has 1 aromatic rings. The summed E-state index contributed by atoms with van der Waals surface area (Å²) in [5, 5.41) is 3.09. The molecule has 0 atom stereocenters. The molecule has 4 heteroatoms. The minimum absolute atomic E-state index is 0.225. The summed E-state index contributed by atoms with van der Waals surface area (Å²) in [4.78, 5) is 14.3. The minimum atomic E-state index is 0.225. The number of hydrogen-bond donors (Lipinski definition) is 1. The number of piperidine rings is 1. The van der Waals surface area contributed by atoms with Gasteiger partial charge in [-0.15, -0.1) is 0 Å². The first-order valence-electron chi connectivity index (χ1n) is 7.75. The Balaban J connectivity index is 1.59. The third-order valence-corrected chi connectivity index (χ3v) is 5.16. The van der Waals surface area contributed by atoms with E-state index in [0.29, 0.717) is 0 Å². The first-order chi connectivity index (χ1) is 10.2. The molecule has 21 heavy (non-hydrogen) atoms. The summed E-state index contributed by atoms with van der Waals surface area (Å²) < 4.78 is 0. The molecule has 3 nitrogen and oxygen atoms in total. The number of carbonyl (C=O) groups excluding carboxylic acids is 1. The molecule has 1 aromatic carbocycles. The average Bonchev–Trinajstić information content (AvgIpc) is 2.49. The monoisotopic (exact) mass is 306 g/mol. The molecule has 2 rings (SSSR count). The number of thioether (sulfide) groups is 1. The van der Waals surface area contributed by atoms with Crippen molar-refractivity contribution in [3.63, 3.8) is 0 Å². The minimum Gasteiger partial charge on any atom is -0.355 e. The number of benzene rings is 1. The SMILES string of the molecule is Cc1ccccc1CSCCNC(=O)C1CCN(C)CC1. The maximum atomic E-state index is 12.1. The van der Waals surface area contributed by atoms with Crippen LogP contribution in [-0.2, 0) is 10.5 Å². The Bertz CT molecular complexity index is 456. The lowest BCUT2D eigenvalue weighted by Gasteiger charge is -2.28. The van der Waals surface area contributed by atoms with E-state index in [9.17, 15) is 4.79 Å². The van der Waals surface area contributed by atoms with E-state index in [0.717, 1.165) is 44.0 Å². The molecule has 0 unspecified atom stereocenters. The number of hydrogen-bond acceptors (Lipinski definition) is 3. The van der Waals surface area contributed by atoms with E-state index in [2.05, 4.69) is 48.5 Å². The molecule has 1 N–H and O–H groups in total. The van der Waals surface area contributed by atoms with Crippen molar-refractivity contribution < 1.29 is 4.79 Å². The van der Waals surface area contributed by atoms with Gasteiger partial charge in [-0.2, -0.15) is 11.8 Å². The number of nitrogens with one attached hydrogen (secondary N) is 1. The Hall–Kier alpha value is -1.00. The molecule has 1 aliphatic heterocycles. The van der Waals surface area contributed by atoms with Crippen LogP contribution in [0.15, 0.2) is 24.3 Å². The summed E-state index contributed by atoms with van der Waals surface area (Å²) in [5.41, 5.74) is 2.74. The molecule has 1 saturated heterocycles. The van der Waals surface area contributed by atoms with Crippen molar-refractivity contribution in [3.05, 3.63) is 35.4 Å². The maximum absolute atomic E-state index is 12.1. The molecular weight excluding hydrogens is 280 g/mol. The lowest BCUT2D eigenvalue weighted by Crippen LogP contribution is -2.39. The van der Waals surface area contributed by atoms with Crippen LogP contribution >= 0.6 is 11.8 Å². The smallest absolute Gasteiger partial charge is 0.223 e. The van der Waals surface area contributed by atoms with Gasteiger partial charge >= 0.3 is 0 Å². The first kappa shape index (κ1) is 16.4. The molecule has 0 aromatic heterocycles. The van der Waals surface area contributed by atoms with Crippen molar-refractivity contribution in [2.75, 3.05) is 32.4 Å². The lowest BCUT2D eigenvalue weighted by molar-refractivity contribution is -0.126. The normalized spacial score (nSPS) is 16.9. The Morgan fingerprint density at radius 1 is 1.33 bits per heavy atom. The van der Waals surface area contributed by atoms with Crippen molar-refractivity contribution in [1.29, 1.82) is 0 Å². The summed E-state index contributed by atoms with van der Waals surface area (Å²) in [5.74, 6) is 2.48. The quantitative estimate of drug-likeness (QED) is 0.820. The van der Waals surface area contributed by atoms with E-state index in [1.54, 1.807) is 0 Å². The highest BCUT2D eigenvalue weighted by Crippen LogP contribution is 2.17. The summed E-state index contributed by atoms with van der Waals surface area (Å²) >= 11 is 1.89. The van der Waals surface area contributed by atoms with Gasteiger partial charge in [-0.25, -0.2) is 0 Å². The van der Waals surface area contributed by atoms with E-state index < -0.39 is 0 Å². The number of nitrogens with zero attached hydrogens (tertiary/aromatic N) is 1. The van der Waals surface area contributed by atoms with Gasteiger partial charge in [-0.05, 0) is 51.0 Å². The summed E-state index contributed by atoms with van der Waals surface area (Å²) in [7, 11) is 2.12. The van der Waals surface area contributed by atoms with Gasteiger partial charge in [0.15, 0.2) is 0 Å². The van der Waals surface area contributed by atoms with Crippen molar-refractivity contribution >= 4 is 17.7 Å². The van der Waals surface area contributed by atoms with Gasteiger partial charge in [0.05, 0.1) is 0 Å². The second-order valence-electron chi connectivity index (χ2n) is 5.85. The predicted molar refractivity (Wildman–Crippen MR) is 90.6 cm³/mol. The third kappa shape index (κ3) is 5.36. The molecule has 0 bridgehead atoms. The van der Waals surface area contributed by atoms with Crippen molar-refractivity contribution in [2.45, 2.75) is 25.5 Å². The van der Waals surface area contributed by atoms with Gasteiger partial charge in [-0.1, -0.05) is 24.3 Å². The Morgan fingerprint density at radius 2 is 2.05 bits per heavy atom. The van der Waals surface area contributed by atoms with E-state index >= 15 is 0 Å². The number of aryl methyl sites for hydroxylation is 1. The molecule has 1 fully saturated rings. The fraction of sp³-hybridized carbons (Fsp3) is 0.588. The van der Waals surface area contributed by atoms with Crippen LogP contribution in [0.5, 0.6) is 0 Å². The largest absolute Gasteiger partial charge is 0.355 e. The van der Waals surface area contributed by atoms with Gasteiger partial charge in [0.2, 0.25) is 5.91 Å². The van der Waals surface area contributed by atoms with Crippen molar-refractivity contribution in [2.24, 2.45) is 5.92 Å². The topological polar surface area (TPSA) is 32.3 Å². The number of carbonyl (C=O) groups is 1. The van der Waals surface area contributed by atoms with Gasteiger partial charge in [-0.3, -0.25) is 4.79 Å². The number of likely N-dealkylation sites (tertiary alicyclic amines) is 1. The Labute approximate surface area is 132 Å². The second kappa shape index (κ2) is 8.44. The molecule has 116 valence electrons. The zero-order chi connectivity index (χ0) is 15.1. The van der Waals surface area contributed by atoms with Crippen LogP contribution in [0, 0.1) is 12.8 Å². The average molecular weight is 306 g/mol. The number of amides is 1. The fourth-order valence-electron chi connectivity index (χ4n) is 2.62. The van der Waals surface area contributed by atoms with Crippen LogP contribution in [0.25, 0.3) is 0 Å². The zero-order valence-corrected chi connectivity index (χ0v) is 13.9. The molecular formula is C17H26N2OS. The molecule has 1 amide bonds. The van der Waals surface area contributed by atoms with E-state index in [-0.39, 0.29) is 11.8 Å². The third-order valence-electron chi connectivity index (χ3n) is 4.15. The molecule has 0 aliphatic carbocycles. The van der Waals surface area contributed by atoms with E-state index in [1.807, 2.05) is 11.8 Å². The Morgan fingerprint density at radius 3 is 2.76 bits per heavy atom. The van der Waals surface area contributed by atoms with Crippen LogP contribution < -0.4 is 5.32 Å². The lowest BCUT2D eigenvalue weighted by atomic mass is 9.96. The predicted octanol–water partition coefficient (Wildman–Crippen LogP) is 2.69. The highest BCUT2D eigenvalue weighted by atomic mass is 32.2. The number of rotatable bonds is 6. The zero-order valence-electron chi connectivity index (χ0n) is 13.1.